The van der Waals surface area contributed by atoms with Gasteiger partial charge in [0.05, 0.1) is 0 Å². The second kappa shape index (κ2) is 7.77. The molecule has 0 bridgehead atoms. The van der Waals surface area contributed by atoms with E-state index in [1.165, 1.54) is 17.5 Å². The number of hydrazine groups is 2. The lowest BCUT2D eigenvalue weighted by Gasteiger charge is -2.34. The molecule has 0 saturated carbocycles. The number of hydrogen-bond donors (Lipinski definition) is 1. The van der Waals surface area contributed by atoms with Crippen LogP contribution >= 0.6 is 0 Å². The molecule has 0 atom stereocenters. The van der Waals surface area contributed by atoms with Gasteiger partial charge in [-0.05, 0) is 24.3 Å². The van der Waals surface area contributed by atoms with Crippen molar-refractivity contribution in [3.8, 4) is 0 Å². The van der Waals surface area contributed by atoms with E-state index in [4.69, 9.17) is 0 Å². The minimum Gasteiger partial charge on any atom is -0.230 e. The number of rotatable bonds is 8. The van der Waals surface area contributed by atoms with Gasteiger partial charge in [-0.25, -0.2) is 10.0 Å². The maximum absolute atomic E-state index is 3.49. The summed E-state index contributed by atoms with van der Waals surface area (Å²) in [6, 6.07) is 8.72. The molecule has 0 spiro atoms. The van der Waals surface area contributed by atoms with Gasteiger partial charge in [-0.15, -0.1) is 0 Å². The Balaban J connectivity index is 2.50. The molecule has 114 valence electrons. The lowest BCUT2D eigenvalue weighted by atomic mass is 9.90. The monoisotopic (exact) mass is 277 g/mol. The fraction of sp³-hybridized carbons (Fsp3) is 0.647. The zero-order valence-corrected chi connectivity index (χ0v) is 14.0. The Bertz CT molecular complexity index is 384. The third-order valence-corrected chi connectivity index (χ3v) is 3.81. The highest BCUT2D eigenvalue weighted by Crippen LogP contribution is 2.20. The molecule has 0 saturated heterocycles. The Morgan fingerprint density at radius 1 is 1.10 bits per heavy atom. The minimum atomic E-state index is 0.341. The molecule has 0 aliphatic heterocycles. The van der Waals surface area contributed by atoms with E-state index in [2.05, 4.69) is 81.5 Å². The summed E-state index contributed by atoms with van der Waals surface area (Å²) in [5, 5.41) is 4.44. The van der Waals surface area contributed by atoms with Crippen LogP contribution in [-0.4, -0.2) is 30.2 Å². The van der Waals surface area contributed by atoms with Gasteiger partial charge in [0.15, 0.2) is 0 Å². The van der Waals surface area contributed by atoms with Crippen LogP contribution in [0.2, 0.25) is 0 Å². The fourth-order valence-electron chi connectivity index (χ4n) is 2.09. The number of aryl methyl sites for hydroxylation is 1. The molecule has 1 aromatic rings. The SMILES string of the molecule is CCN(CC(C)(C)CC)NN(C)Cc1ccc(C)cc1. The largest absolute Gasteiger partial charge is 0.230 e. The highest BCUT2D eigenvalue weighted by Gasteiger charge is 2.19. The quantitative estimate of drug-likeness (QED) is 0.732. The van der Waals surface area contributed by atoms with E-state index in [9.17, 15) is 0 Å². The predicted octanol–water partition coefficient (Wildman–Crippen LogP) is 3.60. The van der Waals surface area contributed by atoms with Crippen molar-refractivity contribution in [2.24, 2.45) is 5.41 Å². The average Bonchev–Trinajstić information content (AvgIpc) is 2.40. The molecule has 0 amide bonds. The first-order chi connectivity index (χ1) is 9.36. The molecule has 20 heavy (non-hydrogen) atoms. The summed E-state index contributed by atoms with van der Waals surface area (Å²) in [4.78, 5) is 0. The van der Waals surface area contributed by atoms with Gasteiger partial charge in [0.1, 0.15) is 0 Å². The van der Waals surface area contributed by atoms with Crippen LogP contribution < -0.4 is 5.53 Å². The summed E-state index contributed by atoms with van der Waals surface area (Å²) in [6.45, 7) is 14.2. The van der Waals surface area contributed by atoms with Crippen molar-refractivity contribution in [2.75, 3.05) is 20.1 Å². The number of nitrogens with one attached hydrogen (secondary N) is 1. The van der Waals surface area contributed by atoms with Crippen LogP contribution in [0.3, 0.4) is 0 Å². The van der Waals surface area contributed by atoms with Gasteiger partial charge >= 0.3 is 0 Å². The van der Waals surface area contributed by atoms with Crippen LogP contribution in [0.1, 0.15) is 45.2 Å². The van der Waals surface area contributed by atoms with Crippen LogP contribution in [0.4, 0.5) is 0 Å². The zero-order valence-electron chi connectivity index (χ0n) is 14.0. The van der Waals surface area contributed by atoms with Gasteiger partial charge in [-0.1, -0.05) is 57.5 Å². The van der Waals surface area contributed by atoms with Crippen LogP contribution in [0.15, 0.2) is 24.3 Å². The van der Waals surface area contributed by atoms with E-state index < -0.39 is 0 Å². The van der Waals surface area contributed by atoms with Crippen molar-refractivity contribution < 1.29 is 0 Å². The molecule has 0 fully saturated rings. The number of hydrogen-bond acceptors (Lipinski definition) is 3. The second-order valence-electron chi connectivity index (χ2n) is 6.47. The topological polar surface area (TPSA) is 18.5 Å². The lowest BCUT2D eigenvalue weighted by molar-refractivity contribution is 0.0130. The summed E-state index contributed by atoms with van der Waals surface area (Å²) in [7, 11) is 2.10. The molecule has 0 aliphatic carbocycles. The van der Waals surface area contributed by atoms with E-state index in [1.54, 1.807) is 0 Å². The first kappa shape index (κ1) is 17.2. The third kappa shape index (κ3) is 6.04. The van der Waals surface area contributed by atoms with Crippen molar-refractivity contribution >= 4 is 0 Å². The van der Waals surface area contributed by atoms with Gasteiger partial charge in [0.25, 0.3) is 0 Å². The molecule has 0 aromatic heterocycles. The Morgan fingerprint density at radius 2 is 1.70 bits per heavy atom. The Morgan fingerprint density at radius 3 is 2.20 bits per heavy atom. The molecule has 0 heterocycles. The molecule has 1 N–H and O–H groups in total. The first-order valence-corrected chi connectivity index (χ1v) is 7.64. The lowest BCUT2D eigenvalue weighted by Crippen LogP contribution is -2.50. The fourth-order valence-corrected chi connectivity index (χ4v) is 2.09. The van der Waals surface area contributed by atoms with E-state index in [1.807, 2.05) is 0 Å². The molecule has 3 heteroatoms. The maximum atomic E-state index is 3.49. The first-order valence-electron chi connectivity index (χ1n) is 7.64. The average molecular weight is 277 g/mol. The summed E-state index contributed by atoms with van der Waals surface area (Å²) in [6.07, 6.45) is 1.19. The molecule has 0 unspecified atom stereocenters. The van der Waals surface area contributed by atoms with Gasteiger partial charge < -0.3 is 0 Å². The Labute approximate surface area is 124 Å². The van der Waals surface area contributed by atoms with Gasteiger partial charge in [0, 0.05) is 26.7 Å². The molecule has 0 radical (unpaired) electrons. The van der Waals surface area contributed by atoms with Crippen molar-refractivity contribution in [1.29, 1.82) is 0 Å². The molecule has 1 aromatic carbocycles. The predicted molar refractivity (Wildman–Crippen MR) is 87.1 cm³/mol. The zero-order chi connectivity index (χ0) is 15.2. The number of nitrogens with zero attached hydrogens (tertiary/aromatic N) is 2. The van der Waals surface area contributed by atoms with Crippen LogP contribution in [0.25, 0.3) is 0 Å². The molecule has 3 nitrogen and oxygen atoms in total. The highest BCUT2D eigenvalue weighted by molar-refractivity contribution is 5.20. The van der Waals surface area contributed by atoms with E-state index in [0.29, 0.717) is 5.41 Å². The van der Waals surface area contributed by atoms with Crippen molar-refractivity contribution in [2.45, 2.75) is 47.6 Å². The van der Waals surface area contributed by atoms with Gasteiger partial charge in [-0.2, -0.15) is 5.53 Å². The molecular formula is C17H31N3. The summed E-state index contributed by atoms with van der Waals surface area (Å²) in [5.74, 6) is 0. The summed E-state index contributed by atoms with van der Waals surface area (Å²) in [5.41, 5.74) is 6.47. The van der Waals surface area contributed by atoms with Crippen molar-refractivity contribution in [3.63, 3.8) is 0 Å². The van der Waals surface area contributed by atoms with E-state index >= 15 is 0 Å². The second-order valence-corrected chi connectivity index (χ2v) is 6.47. The van der Waals surface area contributed by atoms with Crippen LogP contribution in [0.5, 0.6) is 0 Å². The maximum Gasteiger partial charge on any atom is 0.0391 e. The third-order valence-electron chi connectivity index (χ3n) is 3.81. The minimum absolute atomic E-state index is 0.341. The Kier molecular flexibility index (Phi) is 6.66. The van der Waals surface area contributed by atoms with Gasteiger partial charge in [-0.3, -0.25) is 0 Å². The summed E-state index contributed by atoms with van der Waals surface area (Å²) < 4.78 is 0. The molecule has 1 rings (SSSR count). The highest BCUT2D eigenvalue weighted by atomic mass is 15.7. The van der Waals surface area contributed by atoms with Gasteiger partial charge in [0.2, 0.25) is 0 Å². The standard InChI is InChI=1S/C17H31N3/c1-7-17(4,5)14-20(8-2)18-19(6)13-16-11-9-15(3)10-12-16/h9-12,18H,7-8,13-14H2,1-6H3. The van der Waals surface area contributed by atoms with E-state index in [0.717, 1.165) is 19.6 Å². The summed E-state index contributed by atoms with van der Waals surface area (Å²) >= 11 is 0. The van der Waals surface area contributed by atoms with Crippen molar-refractivity contribution in [3.05, 3.63) is 35.4 Å². The van der Waals surface area contributed by atoms with Crippen LogP contribution in [-0.2, 0) is 6.54 Å². The van der Waals surface area contributed by atoms with Crippen LogP contribution in [0, 0.1) is 12.3 Å². The molecular weight excluding hydrogens is 246 g/mol. The molecule has 0 aliphatic rings. The Hall–Kier alpha value is -0.900. The van der Waals surface area contributed by atoms with E-state index in [-0.39, 0.29) is 0 Å². The normalized spacial score (nSPS) is 12.4. The smallest absolute Gasteiger partial charge is 0.0391 e. The number of benzene rings is 1. The van der Waals surface area contributed by atoms with Crippen molar-refractivity contribution in [1.82, 2.24) is 15.6 Å².